The number of para-hydroxylation sites is 2. The Morgan fingerprint density at radius 2 is 1.00 bits per heavy atom. The second kappa shape index (κ2) is 9.60. The maximum Gasteiger partial charge on any atom is 0.124 e. The van der Waals surface area contributed by atoms with Crippen molar-refractivity contribution >= 4 is 85.0 Å². The van der Waals surface area contributed by atoms with Crippen molar-refractivity contribution in [2.24, 2.45) is 0 Å². The highest BCUT2D eigenvalue weighted by Crippen LogP contribution is 2.43. The number of hydrogen-bond acceptors (Lipinski definition) is 3. The molecule has 0 aliphatic carbocycles. The summed E-state index contributed by atoms with van der Waals surface area (Å²) in [7, 11) is 0. The normalized spacial score (nSPS) is 12.0. The predicted octanol–water partition coefficient (Wildman–Crippen LogP) is 12.2. The molecule has 6 aromatic carbocycles. The number of fused-ring (bicyclic) bond motifs is 9. The summed E-state index contributed by atoms with van der Waals surface area (Å²) in [4.78, 5) is 6.10. The van der Waals surface area contributed by atoms with Gasteiger partial charge in [-0.15, -0.1) is 22.7 Å². The summed E-state index contributed by atoms with van der Waals surface area (Å²) in [6.45, 7) is 0. The number of rotatable bonds is 3. The molecule has 0 saturated heterocycles. The summed E-state index contributed by atoms with van der Waals surface area (Å²) in [5.74, 6) is 0. The minimum atomic E-state index is 1.06. The van der Waals surface area contributed by atoms with Crippen molar-refractivity contribution in [3.63, 3.8) is 0 Å². The molecule has 10 aromatic rings. The van der Waals surface area contributed by atoms with Crippen LogP contribution in [0.5, 0.6) is 0 Å². The first-order valence-corrected chi connectivity index (χ1v) is 16.8. The summed E-state index contributed by atoms with van der Waals surface area (Å²) < 4.78 is 6.30. The van der Waals surface area contributed by atoms with Gasteiger partial charge in [0.05, 0.1) is 22.9 Å². The van der Waals surface area contributed by atoms with Crippen LogP contribution < -0.4 is 0 Å². The largest absolute Gasteiger partial charge is 0.308 e. The van der Waals surface area contributed by atoms with Gasteiger partial charge >= 0.3 is 0 Å². The number of hydrogen-bond donors (Lipinski definition) is 0. The molecule has 0 fully saturated rings. The Bertz CT molecular complexity index is 2720. The topological polar surface area (TPSA) is 17.8 Å². The van der Waals surface area contributed by atoms with Gasteiger partial charge in [-0.3, -0.25) is 0 Å². The van der Waals surface area contributed by atoms with Gasteiger partial charge < -0.3 is 4.57 Å². The molecule has 0 saturated carbocycles. The van der Waals surface area contributed by atoms with Crippen LogP contribution in [0.4, 0.5) is 0 Å². The van der Waals surface area contributed by atoms with Gasteiger partial charge in [0.2, 0.25) is 0 Å². The van der Waals surface area contributed by atoms with Crippen LogP contribution in [0.3, 0.4) is 0 Å². The maximum atomic E-state index is 5.04. The fraction of sp³-hybridized carbons (Fsp3) is 0. The van der Waals surface area contributed by atoms with Crippen LogP contribution in [0.1, 0.15) is 0 Å². The number of nitrogens with zero attached hydrogens (tertiary/aromatic N) is 2. The molecule has 4 heteroatoms. The number of pyridine rings is 1. The minimum Gasteiger partial charge on any atom is -0.308 e. The van der Waals surface area contributed by atoms with Gasteiger partial charge in [-0.25, -0.2) is 4.98 Å². The van der Waals surface area contributed by atoms with Crippen molar-refractivity contribution in [2.75, 3.05) is 0 Å². The highest BCUT2D eigenvalue weighted by Gasteiger charge is 2.17. The van der Waals surface area contributed by atoms with Gasteiger partial charge in [0.15, 0.2) is 0 Å². The maximum absolute atomic E-state index is 5.04. The lowest BCUT2D eigenvalue weighted by atomic mass is 9.97. The average molecular weight is 609 g/mol. The highest BCUT2D eigenvalue weighted by atomic mass is 32.1. The summed E-state index contributed by atoms with van der Waals surface area (Å²) in [5.41, 5.74) is 8.50. The van der Waals surface area contributed by atoms with Gasteiger partial charge in [0.25, 0.3) is 0 Å². The molecule has 0 atom stereocenters. The van der Waals surface area contributed by atoms with E-state index in [1.165, 1.54) is 79.7 Å². The van der Waals surface area contributed by atoms with Gasteiger partial charge in [0.1, 0.15) is 4.83 Å². The van der Waals surface area contributed by atoms with Crippen LogP contribution >= 0.6 is 22.7 Å². The Balaban J connectivity index is 1.14. The van der Waals surface area contributed by atoms with Gasteiger partial charge in [0, 0.05) is 46.4 Å². The zero-order valence-electron chi connectivity index (χ0n) is 24.1. The molecule has 45 heavy (non-hydrogen) atoms. The van der Waals surface area contributed by atoms with Crippen molar-refractivity contribution in [1.82, 2.24) is 9.55 Å². The molecule has 0 bridgehead atoms. The lowest BCUT2D eigenvalue weighted by molar-refractivity contribution is 1.16. The van der Waals surface area contributed by atoms with E-state index in [1.54, 1.807) is 11.3 Å². The molecule has 4 aromatic heterocycles. The van der Waals surface area contributed by atoms with E-state index in [0.29, 0.717) is 0 Å². The fourth-order valence-corrected chi connectivity index (χ4v) is 9.45. The predicted molar refractivity (Wildman–Crippen MR) is 195 cm³/mol. The molecule has 4 heterocycles. The van der Waals surface area contributed by atoms with Gasteiger partial charge in [-0.05, 0) is 52.6 Å². The van der Waals surface area contributed by atoms with E-state index in [4.69, 9.17) is 4.98 Å². The Morgan fingerprint density at radius 3 is 1.71 bits per heavy atom. The lowest BCUT2D eigenvalue weighted by Crippen LogP contribution is -1.94. The molecule has 10 rings (SSSR count). The smallest absolute Gasteiger partial charge is 0.124 e. The van der Waals surface area contributed by atoms with Crippen LogP contribution in [0.25, 0.3) is 90.2 Å². The number of aromatic nitrogens is 2. The first kappa shape index (κ1) is 25.1. The second-order valence-electron chi connectivity index (χ2n) is 11.6. The number of benzene rings is 6. The van der Waals surface area contributed by atoms with Crippen molar-refractivity contribution < 1.29 is 0 Å². The summed E-state index contributed by atoms with van der Waals surface area (Å²) >= 11 is 3.67. The SMILES string of the molecule is c1cc(-c2cccc3c2sc2ccccc23)cc(-c2cccc3c2sc2ncc(-n4c5ccccc5c5ccccc54)cc23)c1. The van der Waals surface area contributed by atoms with E-state index in [0.717, 1.165) is 10.5 Å². The van der Waals surface area contributed by atoms with Crippen molar-refractivity contribution in [2.45, 2.75) is 0 Å². The zero-order chi connectivity index (χ0) is 29.5. The standard InChI is InChI=1S/C41H24N2S2/c1-4-19-36-30(12-1)31-13-2-5-20-37(31)43(36)27-23-35-34-18-9-16-29(40(34)45-41(35)42-24-27)26-11-7-10-25(22-26)28-15-8-17-33-32-14-3-6-21-38(32)44-39(28)33/h1-24H. The molecule has 0 unspecified atom stereocenters. The van der Waals surface area contributed by atoms with Gasteiger partial charge in [-0.1, -0.05) is 109 Å². The first-order valence-electron chi connectivity index (χ1n) is 15.1. The van der Waals surface area contributed by atoms with Crippen LogP contribution in [-0.4, -0.2) is 9.55 Å². The summed E-state index contributed by atoms with van der Waals surface area (Å²) in [6, 6.07) is 50.8. The van der Waals surface area contributed by atoms with Crippen molar-refractivity contribution in [1.29, 1.82) is 0 Å². The molecule has 0 aliphatic heterocycles. The van der Waals surface area contributed by atoms with E-state index >= 15 is 0 Å². The quantitative estimate of drug-likeness (QED) is 0.195. The van der Waals surface area contributed by atoms with Crippen molar-refractivity contribution in [3.05, 3.63) is 146 Å². The van der Waals surface area contributed by atoms with Gasteiger partial charge in [-0.2, -0.15) is 0 Å². The van der Waals surface area contributed by atoms with Crippen LogP contribution in [-0.2, 0) is 0 Å². The minimum absolute atomic E-state index is 1.06. The first-order chi connectivity index (χ1) is 22.3. The highest BCUT2D eigenvalue weighted by molar-refractivity contribution is 7.26. The fourth-order valence-electron chi connectivity index (χ4n) is 7.05. The molecule has 2 nitrogen and oxygen atoms in total. The molecule has 0 radical (unpaired) electrons. The third kappa shape index (κ3) is 3.70. The van der Waals surface area contributed by atoms with E-state index < -0.39 is 0 Å². The monoisotopic (exact) mass is 608 g/mol. The molecule has 0 N–H and O–H groups in total. The molecular weight excluding hydrogens is 585 g/mol. The number of thiophene rings is 2. The van der Waals surface area contributed by atoms with E-state index in [2.05, 4.69) is 144 Å². The summed E-state index contributed by atoms with van der Waals surface area (Å²) in [5, 5.41) is 7.63. The average Bonchev–Trinajstić information content (AvgIpc) is 3.77. The second-order valence-corrected chi connectivity index (χ2v) is 13.6. The van der Waals surface area contributed by atoms with Crippen LogP contribution in [0.15, 0.2) is 146 Å². The summed E-state index contributed by atoms with van der Waals surface area (Å²) in [6.07, 6.45) is 2.03. The third-order valence-electron chi connectivity index (χ3n) is 9.07. The zero-order valence-corrected chi connectivity index (χ0v) is 25.7. The molecular formula is C41H24N2S2. The van der Waals surface area contributed by atoms with E-state index in [9.17, 15) is 0 Å². The Kier molecular flexibility index (Phi) is 5.35. The van der Waals surface area contributed by atoms with Crippen LogP contribution in [0.2, 0.25) is 0 Å². The van der Waals surface area contributed by atoms with Crippen molar-refractivity contribution in [3.8, 4) is 27.9 Å². The van der Waals surface area contributed by atoms with E-state index in [-0.39, 0.29) is 0 Å². The molecule has 0 amide bonds. The lowest BCUT2D eigenvalue weighted by Gasteiger charge is -2.09. The Morgan fingerprint density at radius 1 is 0.444 bits per heavy atom. The molecule has 210 valence electrons. The molecule has 0 aliphatic rings. The molecule has 0 spiro atoms. The Hall–Kier alpha value is -5.29. The third-order valence-corrected chi connectivity index (χ3v) is 11.5. The Labute approximate surface area is 267 Å². The van der Waals surface area contributed by atoms with Crippen LogP contribution in [0, 0.1) is 0 Å². The van der Waals surface area contributed by atoms with E-state index in [1.807, 2.05) is 17.5 Å².